The average Bonchev–Trinajstić information content (AvgIpc) is 2.65. The number of methoxy groups -OCH3 is 2. The van der Waals surface area contributed by atoms with E-state index in [1.165, 1.54) is 12.7 Å². The fourth-order valence-corrected chi connectivity index (χ4v) is 2.73. The molecular weight excluding hydrogens is 308 g/mol. The van der Waals surface area contributed by atoms with E-state index in [2.05, 4.69) is 6.07 Å². The number of ether oxygens (including phenoxy) is 5. The topological polar surface area (TPSA) is 46.2 Å². The summed E-state index contributed by atoms with van der Waals surface area (Å²) in [6.45, 7) is -0.714. The molecule has 3 rings (SSSR count). The van der Waals surface area contributed by atoms with Gasteiger partial charge in [0.25, 0.3) is 0 Å². The Kier molecular flexibility index (Phi) is 5.69. The standard InChI is InChI=1S/C19H22O5/c1-20-13-22-19(21-2)23-16-8-5-7-15(12-16)18-11-10-14-6-3-4-9-17(14)24-18/h3-9,12,18-19H,10-11,13H2,1-2H3/t18?,19-/m0/s1. The van der Waals surface area contributed by atoms with Crippen LogP contribution in [-0.4, -0.2) is 27.5 Å². The number of benzene rings is 2. The van der Waals surface area contributed by atoms with E-state index >= 15 is 0 Å². The number of hydrogen-bond donors (Lipinski definition) is 0. The highest BCUT2D eigenvalue weighted by molar-refractivity contribution is 5.38. The minimum Gasteiger partial charge on any atom is -0.485 e. The highest BCUT2D eigenvalue weighted by atomic mass is 16.9. The first-order valence-corrected chi connectivity index (χ1v) is 7.94. The molecule has 5 nitrogen and oxygen atoms in total. The van der Waals surface area contributed by atoms with Crippen LogP contribution in [-0.2, 0) is 20.6 Å². The Morgan fingerprint density at radius 1 is 1.12 bits per heavy atom. The Morgan fingerprint density at radius 3 is 2.83 bits per heavy atom. The summed E-state index contributed by atoms with van der Waals surface area (Å²) < 4.78 is 27.1. The van der Waals surface area contributed by atoms with Gasteiger partial charge in [-0.15, -0.1) is 0 Å². The molecule has 0 spiro atoms. The van der Waals surface area contributed by atoms with E-state index in [0.717, 1.165) is 24.2 Å². The Morgan fingerprint density at radius 2 is 2.00 bits per heavy atom. The van der Waals surface area contributed by atoms with Gasteiger partial charge in [-0.25, -0.2) is 0 Å². The molecule has 0 N–H and O–H groups in total. The molecule has 1 heterocycles. The smallest absolute Gasteiger partial charge is 0.317 e. The third kappa shape index (κ3) is 4.06. The maximum Gasteiger partial charge on any atom is 0.317 e. The Balaban J connectivity index is 1.69. The lowest BCUT2D eigenvalue weighted by Gasteiger charge is -2.26. The van der Waals surface area contributed by atoms with Crippen molar-refractivity contribution in [1.29, 1.82) is 0 Å². The fourth-order valence-electron chi connectivity index (χ4n) is 2.73. The van der Waals surface area contributed by atoms with Gasteiger partial charge in [0.15, 0.2) is 6.79 Å². The van der Waals surface area contributed by atoms with Crippen LogP contribution in [0.1, 0.15) is 23.7 Å². The molecule has 0 saturated carbocycles. The molecule has 2 atom stereocenters. The Bertz CT molecular complexity index is 658. The lowest BCUT2D eigenvalue weighted by molar-refractivity contribution is -0.263. The maximum atomic E-state index is 6.13. The molecule has 0 aromatic heterocycles. The lowest BCUT2D eigenvalue weighted by Crippen LogP contribution is -2.24. The SMILES string of the molecule is COCO[C@H](OC)Oc1cccc(C2CCc3ccccc3O2)c1. The number of rotatable bonds is 7. The molecule has 5 heteroatoms. The molecule has 0 radical (unpaired) electrons. The summed E-state index contributed by atoms with van der Waals surface area (Å²) in [6.07, 6.45) is 1.96. The van der Waals surface area contributed by atoms with Gasteiger partial charge in [-0.2, -0.15) is 0 Å². The van der Waals surface area contributed by atoms with Gasteiger partial charge in [0.1, 0.15) is 17.6 Å². The predicted octanol–water partition coefficient (Wildman–Crippen LogP) is 3.68. The summed E-state index contributed by atoms with van der Waals surface area (Å²) in [7, 11) is 3.07. The minimum absolute atomic E-state index is 0.0179. The van der Waals surface area contributed by atoms with Crippen molar-refractivity contribution in [3.63, 3.8) is 0 Å². The highest BCUT2D eigenvalue weighted by Crippen LogP contribution is 2.35. The highest BCUT2D eigenvalue weighted by Gasteiger charge is 2.21. The van der Waals surface area contributed by atoms with Gasteiger partial charge in [-0.1, -0.05) is 30.3 Å². The molecule has 0 saturated heterocycles. The molecule has 1 aliphatic rings. The van der Waals surface area contributed by atoms with Crippen LogP contribution in [0.25, 0.3) is 0 Å². The number of fused-ring (bicyclic) bond motifs is 1. The summed E-state index contributed by atoms with van der Waals surface area (Å²) in [5, 5.41) is 0. The van der Waals surface area contributed by atoms with Crippen LogP contribution in [0.2, 0.25) is 0 Å². The molecule has 0 bridgehead atoms. The van der Waals surface area contributed by atoms with E-state index in [0.29, 0.717) is 5.75 Å². The average molecular weight is 330 g/mol. The van der Waals surface area contributed by atoms with Crippen molar-refractivity contribution in [1.82, 2.24) is 0 Å². The largest absolute Gasteiger partial charge is 0.485 e. The maximum absolute atomic E-state index is 6.13. The summed E-state index contributed by atoms with van der Waals surface area (Å²) >= 11 is 0. The normalized spacial score (nSPS) is 17.7. The van der Waals surface area contributed by atoms with E-state index < -0.39 is 6.48 Å². The second-order valence-electron chi connectivity index (χ2n) is 5.54. The van der Waals surface area contributed by atoms with E-state index in [1.54, 1.807) is 7.11 Å². The lowest BCUT2D eigenvalue weighted by atomic mass is 9.97. The predicted molar refractivity (Wildman–Crippen MR) is 89.0 cm³/mol. The summed E-state index contributed by atoms with van der Waals surface area (Å²) in [6, 6.07) is 16.0. The first-order valence-electron chi connectivity index (χ1n) is 7.94. The van der Waals surface area contributed by atoms with Crippen LogP contribution in [0.5, 0.6) is 11.5 Å². The third-order valence-corrected chi connectivity index (χ3v) is 3.89. The minimum atomic E-state index is -0.812. The van der Waals surface area contributed by atoms with Crippen molar-refractivity contribution < 1.29 is 23.7 Å². The molecule has 2 aromatic rings. The van der Waals surface area contributed by atoms with Gasteiger partial charge in [0.2, 0.25) is 0 Å². The van der Waals surface area contributed by atoms with E-state index in [-0.39, 0.29) is 12.9 Å². The Labute approximate surface area is 142 Å². The monoisotopic (exact) mass is 330 g/mol. The zero-order valence-corrected chi connectivity index (χ0v) is 13.9. The van der Waals surface area contributed by atoms with Gasteiger partial charge >= 0.3 is 6.48 Å². The van der Waals surface area contributed by atoms with Gasteiger partial charge in [0.05, 0.1) is 0 Å². The zero-order chi connectivity index (χ0) is 16.8. The van der Waals surface area contributed by atoms with E-state index in [1.807, 2.05) is 42.5 Å². The number of hydrogen-bond acceptors (Lipinski definition) is 5. The molecule has 0 fully saturated rings. The van der Waals surface area contributed by atoms with Crippen molar-refractivity contribution in [3.05, 3.63) is 59.7 Å². The van der Waals surface area contributed by atoms with Gasteiger partial charge in [-0.3, -0.25) is 4.74 Å². The van der Waals surface area contributed by atoms with E-state index in [4.69, 9.17) is 23.7 Å². The summed E-state index contributed by atoms with van der Waals surface area (Å²) in [5.41, 5.74) is 2.33. The molecular formula is C19H22O5. The van der Waals surface area contributed by atoms with E-state index in [9.17, 15) is 0 Å². The second kappa shape index (κ2) is 8.15. The molecule has 24 heavy (non-hydrogen) atoms. The quantitative estimate of drug-likeness (QED) is 0.725. The third-order valence-electron chi connectivity index (χ3n) is 3.89. The fraction of sp³-hybridized carbons (Fsp3) is 0.368. The van der Waals surface area contributed by atoms with Crippen LogP contribution in [0.3, 0.4) is 0 Å². The second-order valence-corrected chi connectivity index (χ2v) is 5.54. The van der Waals surface area contributed by atoms with Gasteiger partial charge < -0.3 is 18.9 Å². The molecule has 2 aromatic carbocycles. The number of para-hydroxylation sites is 1. The molecule has 0 amide bonds. The number of aryl methyl sites for hydroxylation is 1. The van der Waals surface area contributed by atoms with Crippen LogP contribution < -0.4 is 9.47 Å². The summed E-state index contributed by atoms with van der Waals surface area (Å²) in [4.78, 5) is 0. The van der Waals surface area contributed by atoms with Crippen molar-refractivity contribution >= 4 is 0 Å². The van der Waals surface area contributed by atoms with Crippen LogP contribution in [0, 0.1) is 0 Å². The molecule has 128 valence electrons. The van der Waals surface area contributed by atoms with Crippen molar-refractivity contribution in [2.24, 2.45) is 0 Å². The van der Waals surface area contributed by atoms with Crippen LogP contribution in [0.4, 0.5) is 0 Å². The Hall–Kier alpha value is -2.08. The molecule has 0 aliphatic carbocycles. The van der Waals surface area contributed by atoms with Crippen molar-refractivity contribution in [3.8, 4) is 11.5 Å². The zero-order valence-electron chi connectivity index (χ0n) is 13.9. The van der Waals surface area contributed by atoms with Crippen molar-refractivity contribution in [2.45, 2.75) is 25.4 Å². The van der Waals surface area contributed by atoms with Crippen LogP contribution >= 0.6 is 0 Å². The molecule has 1 aliphatic heterocycles. The first kappa shape index (κ1) is 16.8. The first-order chi connectivity index (χ1) is 11.8. The molecule has 1 unspecified atom stereocenters. The van der Waals surface area contributed by atoms with Crippen molar-refractivity contribution in [2.75, 3.05) is 21.0 Å². The van der Waals surface area contributed by atoms with Gasteiger partial charge in [-0.05, 0) is 42.2 Å². The summed E-state index contributed by atoms with van der Waals surface area (Å²) in [5.74, 6) is 1.62. The van der Waals surface area contributed by atoms with Gasteiger partial charge in [0, 0.05) is 14.2 Å². The van der Waals surface area contributed by atoms with Crippen LogP contribution in [0.15, 0.2) is 48.5 Å².